The van der Waals surface area contributed by atoms with Gasteiger partial charge in [0.1, 0.15) is 6.29 Å². The van der Waals surface area contributed by atoms with E-state index < -0.39 is 10.1 Å². The standard InChI is InChI=1S/C8H15NO5S/c1-7(6-10)5-9-8(11)3-4-14-15(2,12)13/h6-7H,3-5H2,1-2H3,(H,9,11). The van der Waals surface area contributed by atoms with Crippen molar-refractivity contribution in [2.24, 2.45) is 5.92 Å². The summed E-state index contributed by atoms with van der Waals surface area (Å²) in [6.45, 7) is 1.74. The Morgan fingerprint density at radius 2 is 2.13 bits per heavy atom. The van der Waals surface area contributed by atoms with Crippen LogP contribution in [-0.2, 0) is 23.9 Å². The Kier molecular flexibility index (Phi) is 6.11. The van der Waals surface area contributed by atoms with Crippen molar-refractivity contribution in [3.8, 4) is 0 Å². The topological polar surface area (TPSA) is 89.5 Å². The third-order valence-electron chi connectivity index (χ3n) is 1.48. The van der Waals surface area contributed by atoms with Crippen LogP contribution in [0.2, 0.25) is 0 Å². The van der Waals surface area contributed by atoms with Gasteiger partial charge in [0.15, 0.2) is 0 Å². The highest BCUT2D eigenvalue weighted by atomic mass is 32.2. The highest BCUT2D eigenvalue weighted by molar-refractivity contribution is 7.85. The zero-order valence-corrected chi connectivity index (χ0v) is 9.54. The summed E-state index contributed by atoms with van der Waals surface area (Å²) in [7, 11) is -3.49. The molecule has 15 heavy (non-hydrogen) atoms. The summed E-state index contributed by atoms with van der Waals surface area (Å²) in [5.74, 6) is -0.586. The van der Waals surface area contributed by atoms with E-state index in [1.807, 2.05) is 0 Å². The first-order valence-corrected chi connectivity index (χ1v) is 6.23. The summed E-state index contributed by atoms with van der Waals surface area (Å²) in [4.78, 5) is 21.3. The van der Waals surface area contributed by atoms with Gasteiger partial charge in [-0.15, -0.1) is 0 Å². The first-order chi connectivity index (χ1) is 6.85. The summed E-state index contributed by atoms with van der Waals surface area (Å²) in [5, 5.41) is 2.47. The number of carbonyl (C=O) groups excluding carboxylic acids is 2. The number of hydrogen-bond acceptors (Lipinski definition) is 5. The van der Waals surface area contributed by atoms with E-state index in [4.69, 9.17) is 0 Å². The second-order valence-electron chi connectivity index (χ2n) is 3.19. The van der Waals surface area contributed by atoms with Gasteiger partial charge in [-0.05, 0) is 0 Å². The number of amides is 1. The summed E-state index contributed by atoms with van der Waals surface area (Å²) in [5.41, 5.74) is 0. The number of aldehydes is 1. The molecule has 0 aromatic carbocycles. The van der Waals surface area contributed by atoms with Gasteiger partial charge in [-0.2, -0.15) is 8.42 Å². The lowest BCUT2D eigenvalue weighted by atomic mass is 10.2. The van der Waals surface area contributed by atoms with E-state index in [-0.39, 0.29) is 31.4 Å². The van der Waals surface area contributed by atoms with Gasteiger partial charge in [0.2, 0.25) is 5.91 Å². The van der Waals surface area contributed by atoms with Crippen LogP contribution in [0.4, 0.5) is 0 Å². The lowest BCUT2D eigenvalue weighted by Crippen LogP contribution is -2.29. The molecule has 1 N–H and O–H groups in total. The van der Waals surface area contributed by atoms with Crippen molar-refractivity contribution in [1.82, 2.24) is 5.32 Å². The van der Waals surface area contributed by atoms with Crippen molar-refractivity contribution in [3.05, 3.63) is 0 Å². The molecule has 0 aliphatic heterocycles. The minimum atomic E-state index is -3.49. The van der Waals surface area contributed by atoms with Crippen molar-refractivity contribution < 1.29 is 22.2 Å². The number of nitrogens with one attached hydrogen (secondary N) is 1. The molecule has 0 fully saturated rings. The van der Waals surface area contributed by atoms with Crippen LogP contribution < -0.4 is 5.32 Å². The molecule has 6 nitrogen and oxygen atoms in total. The quantitative estimate of drug-likeness (QED) is 0.467. The molecule has 1 unspecified atom stereocenters. The van der Waals surface area contributed by atoms with Gasteiger partial charge >= 0.3 is 0 Å². The maximum absolute atomic E-state index is 11.0. The predicted octanol–water partition coefficient (Wildman–Crippen LogP) is -0.696. The SMILES string of the molecule is CC(C=O)CNC(=O)CCOS(C)(=O)=O. The largest absolute Gasteiger partial charge is 0.355 e. The van der Waals surface area contributed by atoms with Crippen LogP contribution in [0, 0.1) is 5.92 Å². The van der Waals surface area contributed by atoms with Crippen molar-refractivity contribution in [2.75, 3.05) is 19.4 Å². The Balaban J connectivity index is 3.63. The van der Waals surface area contributed by atoms with Crippen LogP contribution in [0.1, 0.15) is 13.3 Å². The van der Waals surface area contributed by atoms with Gasteiger partial charge in [0.25, 0.3) is 10.1 Å². The van der Waals surface area contributed by atoms with Crippen molar-refractivity contribution in [3.63, 3.8) is 0 Å². The van der Waals surface area contributed by atoms with Crippen molar-refractivity contribution in [2.45, 2.75) is 13.3 Å². The predicted molar refractivity (Wildman–Crippen MR) is 53.7 cm³/mol. The molecule has 0 heterocycles. The number of carbonyl (C=O) groups is 2. The Hall–Kier alpha value is -0.950. The maximum Gasteiger partial charge on any atom is 0.264 e. The van der Waals surface area contributed by atoms with Gasteiger partial charge in [-0.25, -0.2) is 0 Å². The average molecular weight is 237 g/mol. The Morgan fingerprint density at radius 1 is 1.53 bits per heavy atom. The molecule has 0 aliphatic rings. The first-order valence-electron chi connectivity index (χ1n) is 4.41. The van der Waals surface area contributed by atoms with Crippen molar-refractivity contribution in [1.29, 1.82) is 0 Å². The fourth-order valence-electron chi connectivity index (χ4n) is 0.697. The zero-order chi connectivity index (χ0) is 11.9. The van der Waals surface area contributed by atoms with Gasteiger partial charge in [-0.1, -0.05) is 6.92 Å². The second-order valence-corrected chi connectivity index (χ2v) is 4.84. The average Bonchev–Trinajstić information content (AvgIpc) is 2.12. The van der Waals surface area contributed by atoms with Gasteiger partial charge in [0.05, 0.1) is 19.3 Å². The fraction of sp³-hybridized carbons (Fsp3) is 0.750. The molecule has 0 bridgehead atoms. The van der Waals surface area contributed by atoms with E-state index in [1.54, 1.807) is 6.92 Å². The van der Waals surface area contributed by atoms with E-state index >= 15 is 0 Å². The molecule has 0 spiro atoms. The van der Waals surface area contributed by atoms with Crippen LogP contribution in [0.15, 0.2) is 0 Å². The van der Waals surface area contributed by atoms with Crippen LogP contribution in [0.3, 0.4) is 0 Å². The minimum absolute atomic E-state index is 0.0430. The molecule has 88 valence electrons. The lowest BCUT2D eigenvalue weighted by Gasteiger charge is -2.06. The smallest absolute Gasteiger partial charge is 0.264 e. The highest BCUT2D eigenvalue weighted by Gasteiger charge is 2.06. The normalized spacial score (nSPS) is 13.2. The number of hydrogen-bond donors (Lipinski definition) is 1. The number of rotatable bonds is 7. The molecule has 1 atom stereocenters. The zero-order valence-electron chi connectivity index (χ0n) is 8.73. The summed E-state index contributed by atoms with van der Waals surface area (Å²) < 4.78 is 25.4. The van der Waals surface area contributed by atoms with Gasteiger partial charge < -0.3 is 10.1 Å². The third kappa shape index (κ3) is 9.36. The summed E-state index contributed by atoms with van der Waals surface area (Å²) in [6.07, 6.45) is 1.60. The molecule has 0 rings (SSSR count). The molecule has 0 saturated carbocycles. The molecular weight excluding hydrogens is 222 g/mol. The third-order valence-corrected chi connectivity index (χ3v) is 2.07. The Bertz CT molecular complexity index is 311. The molecule has 7 heteroatoms. The van der Waals surface area contributed by atoms with Crippen LogP contribution >= 0.6 is 0 Å². The lowest BCUT2D eigenvalue weighted by molar-refractivity contribution is -0.121. The van der Waals surface area contributed by atoms with Gasteiger partial charge in [-0.3, -0.25) is 8.98 Å². The molecular formula is C8H15NO5S. The summed E-state index contributed by atoms with van der Waals surface area (Å²) in [6, 6.07) is 0. The maximum atomic E-state index is 11.0. The van der Waals surface area contributed by atoms with E-state index in [9.17, 15) is 18.0 Å². The first kappa shape index (κ1) is 14.1. The monoisotopic (exact) mass is 237 g/mol. The van der Waals surface area contributed by atoms with Crippen LogP contribution in [0.25, 0.3) is 0 Å². The molecule has 0 aromatic heterocycles. The van der Waals surface area contributed by atoms with E-state index in [2.05, 4.69) is 9.50 Å². The molecule has 0 aromatic rings. The van der Waals surface area contributed by atoms with Crippen molar-refractivity contribution >= 4 is 22.3 Å². The Morgan fingerprint density at radius 3 is 2.60 bits per heavy atom. The summed E-state index contributed by atoms with van der Waals surface area (Å²) >= 11 is 0. The second kappa shape index (κ2) is 6.52. The molecule has 0 saturated heterocycles. The molecule has 0 radical (unpaired) electrons. The molecule has 1 amide bonds. The Labute approximate surface area is 89.1 Å². The molecule has 0 aliphatic carbocycles. The highest BCUT2D eigenvalue weighted by Crippen LogP contribution is 1.91. The van der Waals surface area contributed by atoms with E-state index in [0.29, 0.717) is 0 Å². The fourth-order valence-corrected chi connectivity index (χ4v) is 1.08. The van der Waals surface area contributed by atoms with E-state index in [0.717, 1.165) is 12.5 Å². The van der Waals surface area contributed by atoms with Crippen LogP contribution in [-0.4, -0.2) is 40.0 Å². The van der Waals surface area contributed by atoms with E-state index in [1.165, 1.54) is 0 Å². The minimum Gasteiger partial charge on any atom is -0.355 e. The van der Waals surface area contributed by atoms with Crippen LogP contribution in [0.5, 0.6) is 0 Å². The van der Waals surface area contributed by atoms with Gasteiger partial charge in [0, 0.05) is 12.5 Å².